The van der Waals surface area contributed by atoms with E-state index in [1.165, 1.54) is 25.7 Å². The summed E-state index contributed by atoms with van der Waals surface area (Å²) in [6, 6.07) is 6.04. The van der Waals surface area contributed by atoms with Crippen molar-refractivity contribution >= 4 is 17.5 Å². The molecule has 1 aliphatic carbocycles. The number of carbonyl (C=O) groups excluding carboxylic acids is 2. The van der Waals surface area contributed by atoms with Crippen LogP contribution in [-0.2, 0) is 11.2 Å². The minimum absolute atomic E-state index is 0.00916. The van der Waals surface area contributed by atoms with Crippen molar-refractivity contribution in [3.8, 4) is 0 Å². The van der Waals surface area contributed by atoms with E-state index in [9.17, 15) is 9.59 Å². The Morgan fingerprint density at radius 2 is 1.86 bits per heavy atom. The third kappa shape index (κ3) is 3.16. The van der Waals surface area contributed by atoms with Gasteiger partial charge in [-0.2, -0.15) is 0 Å². The third-order valence-corrected chi connectivity index (χ3v) is 4.81. The van der Waals surface area contributed by atoms with Crippen LogP contribution in [0.5, 0.6) is 0 Å². The normalized spacial score (nSPS) is 18.7. The number of rotatable bonds is 2. The van der Waals surface area contributed by atoms with Crippen LogP contribution in [0, 0.1) is 0 Å². The predicted molar refractivity (Wildman–Crippen MR) is 87.1 cm³/mol. The molecular weight excluding hydrogens is 276 g/mol. The quantitative estimate of drug-likeness (QED) is 0.853. The summed E-state index contributed by atoms with van der Waals surface area (Å²) in [5.41, 5.74) is 2.72. The number of hydrogen-bond acceptors (Lipinski definition) is 2. The Kier molecular flexibility index (Phi) is 4.46. The lowest BCUT2D eigenvalue weighted by Crippen LogP contribution is -2.34. The van der Waals surface area contributed by atoms with E-state index >= 15 is 0 Å². The molecule has 0 radical (unpaired) electrons. The molecule has 0 saturated heterocycles. The fourth-order valence-electron chi connectivity index (χ4n) is 3.54. The van der Waals surface area contributed by atoms with Crippen LogP contribution in [0.3, 0.4) is 0 Å². The lowest BCUT2D eigenvalue weighted by atomic mass is 10.1. The van der Waals surface area contributed by atoms with E-state index < -0.39 is 0 Å². The molecular formula is C18H24N2O2. The summed E-state index contributed by atoms with van der Waals surface area (Å²) < 4.78 is 0. The Morgan fingerprint density at radius 3 is 2.55 bits per heavy atom. The van der Waals surface area contributed by atoms with E-state index in [-0.39, 0.29) is 11.8 Å². The van der Waals surface area contributed by atoms with Crippen molar-refractivity contribution in [2.24, 2.45) is 0 Å². The molecule has 2 amide bonds. The summed E-state index contributed by atoms with van der Waals surface area (Å²) in [7, 11) is 0. The topological polar surface area (TPSA) is 49.4 Å². The highest BCUT2D eigenvalue weighted by Crippen LogP contribution is 2.29. The second-order valence-corrected chi connectivity index (χ2v) is 6.43. The number of nitrogens with zero attached hydrogens (tertiary/aromatic N) is 1. The molecule has 1 N–H and O–H groups in total. The van der Waals surface area contributed by atoms with E-state index in [4.69, 9.17) is 0 Å². The average molecular weight is 300 g/mol. The monoisotopic (exact) mass is 300 g/mol. The first kappa shape index (κ1) is 15.1. The van der Waals surface area contributed by atoms with E-state index in [0.717, 1.165) is 37.1 Å². The number of carbonyl (C=O) groups is 2. The largest absolute Gasteiger partial charge is 0.349 e. The maximum absolute atomic E-state index is 12.5. The molecule has 1 heterocycles. The SMILES string of the molecule is CC(=O)N1CCc2ccc(C(=O)NC3CCCCCC3)cc21. The van der Waals surface area contributed by atoms with Crippen LogP contribution in [0.25, 0.3) is 0 Å². The number of amides is 2. The van der Waals surface area contributed by atoms with Gasteiger partial charge in [-0.1, -0.05) is 31.7 Å². The first-order chi connectivity index (χ1) is 10.6. The van der Waals surface area contributed by atoms with Crippen molar-refractivity contribution in [3.63, 3.8) is 0 Å². The lowest BCUT2D eigenvalue weighted by Gasteiger charge is -2.18. The van der Waals surface area contributed by atoms with Crippen molar-refractivity contribution < 1.29 is 9.59 Å². The van der Waals surface area contributed by atoms with Crippen molar-refractivity contribution in [3.05, 3.63) is 29.3 Å². The molecule has 0 spiro atoms. The summed E-state index contributed by atoms with van der Waals surface area (Å²) in [5.74, 6) is 0.0326. The molecule has 1 fully saturated rings. The summed E-state index contributed by atoms with van der Waals surface area (Å²) in [6.45, 7) is 2.30. The van der Waals surface area contributed by atoms with Gasteiger partial charge in [-0.3, -0.25) is 9.59 Å². The fourth-order valence-corrected chi connectivity index (χ4v) is 3.54. The first-order valence-corrected chi connectivity index (χ1v) is 8.37. The molecule has 0 aromatic heterocycles. The number of hydrogen-bond donors (Lipinski definition) is 1. The van der Waals surface area contributed by atoms with Gasteiger partial charge in [0.05, 0.1) is 0 Å². The van der Waals surface area contributed by atoms with Gasteiger partial charge >= 0.3 is 0 Å². The van der Waals surface area contributed by atoms with Gasteiger partial charge in [-0.05, 0) is 37.0 Å². The number of benzene rings is 1. The van der Waals surface area contributed by atoms with Gasteiger partial charge in [0.25, 0.3) is 5.91 Å². The Hall–Kier alpha value is -1.84. The zero-order valence-corrected chi connectivity index (χ0v) is 13.2. The predicted octanol–water partition coefficient (Wildman–Crippen LogP) is 3.05. The smallest absolute Gasteiger partial charge is 0.251 e. The molecule has 3 rings (SSSR count). The minimum atomic E-state index is -0.00916. The van der Waals surface area contributed by atoms with Crippen LogP contribution >= 0.6 is 0 Å². The highest BCUT2D eigenvalue weighted by atomic mass is 16.2. The van der Waals surface area contributed by atoms with Gasteiger partial charge in [0.2, 0.25) is 5.91 Å². The van der Waals surface area contributed by atoms with Crippen molar-refractivity contribution in [2.45, 2.75) is 57.9 Å². The van der Waals surface area contributed by atoms with Crippen LogP contribution in [-0.4, -0.2) is 24.4 Å². The van der Waals surface area contributed by atoms with Gasteiger partial charge in [-0.25, -0.2) is 0 Å². The maximum Gasteiger partial charge on any atom is 0.251 e. The zero-order chi connectivity index (χ0) is 15.5. The zero-order valence-electron chi connectivity index (χ0n) is 13.2. The Balaban J connectivity index is 1.73. The van der Waals surface area contributed by atoms with Crippen LogP contribution in [0.1, 0.15) is 61.4 Å². The van der Waals surface area contributed by atoms with Crippen LogP contribution in [0.2, 0.25) is 0 Å². The van der Waals surface area contributed by atoms with Gasteiger partial charge in [0.15, 0.2) is 0 Å². The Labute approximate surface area is 131 Å². The van der Waals surface area contributed by atoms with Crippen molar-refractivity contribution in [2.75, 3.05) is 11.4 Å². The van der Waals surface area contributed by atoms with E-state index in [0.29, 0.717) is 11.6 Å². The summed E-state index contributed by atoms with van der Waals surface area (Å²) in [6.07, 6.45) is 7.99. The molecule has 22 heavy (non-hydrogen) atoms. The molecule has 0 atom stereocenters. The molecule has 4 nitrogen and oxygen atoms in total. The number of fused-ring (bicyclic) bond motifs is 1. The highest BCUT2D eigenvalue weighted by Gasteiger charge is 2.24. The first-order valence-electron chi connectivity index (χ1n) is 8.37. The Morgan fingerprint density at radius 1 is 1.14 bits per heavy atom. The fraction of sp³-hybridized carbons (Fsp3) is 0.556. The molecule has 118 valence electrons. The maximum atomic E-state index is 12.5. The summed E-state index contributed by atoms with van der Waals surface area (Å²) in [4.78, 5) is 25.9. The van der Waals surface area contributed by atoms with Crippen LogP contribution < -0.4 is 10.2 Å². The van der Waals surface area contributed by atoms with E-state index in [2.05, 4.69) is 5.32 Å². The molecule has 1 saturated carbocycles. The van der Waals surface area contributed by atoms with E-state index in [1.54, 1.807) is 11.8 Å². The van der Waals surface area contributed by atoms with Gasteiger partial charge < -0.3 is 10.2 Å². The van der Waals surface area contributed by atoms with Crippen LogP contribution in [0.15, 0.2) is 18.2 Å². The molecule has 0 unspecified atom stereocenters. The molecule has 1 aliphatic heterocycles. The second kappa shape index (κ2) is 6.51. The van der Waals surface area contributed by atoms with Crippen molar-refractivity contribution in [1.82, 2.24) is 5.32 Å². The highest BCUT2D eigenvalue weighted by molar-refractivity contribution is 5.99. The molecule has 2 aliphatic rings. The second-order valence-electron chi connectivity index (χ2n) is 6.43. The van der Waals surface area contributed by atoms with Gasteiger partial charge in [0.1, 0.15) is 0 Å². The van der Waals surface area contributed by atoms with Crippen LogP contribution in [0.4, 0.5) is 5.69 Å². The molecule has 4 heteroatoms. The van der Waals surface area contributed by atoms with E-state index in [1.807, 2.05) is 18.2 Å². The van der Waals surface area contributed by atoms with Gasteiger partial charge in [0, 0.05) is 30.8 Å². The summed E-state index contributed by atoms with van der Waals surface area (Å²) in [5, 5.41) is 3.17. The standard InChI is InChI=1S/C18H24N2O2/c1-13(21)20-11-10-14-8-9-15(12-17(14)20)18(22)19-16-6-4-2-3-5-7-16/h8-9,12,16H,2-7,10-11H2,1H3,(H,19,22). The Bertz CT molecular complexity index is 574. The minimum Gasteiger partial charge on any atom is -0.349 e. The van der Waals surface area contributed by atoms with Gasteiger partial charge in [-0.15, -0.1) is 0 Å². The van der Waals surface area contributed by atoms with Crippen molar-refractivity contribution in [1.29, 1.82) is 0 Å². The average Bonchev–Trinajstić information content (AvgIpc) is 2.77. The number of anilines is 1. The third-order valence-electron chi connectivity index (χ3n) is 4.81. The molecule has 1 aromatic rings. The summed E-state index contributed by atoms with van der Waals surface area (Å²) >= 11 is 0. The molecule has 0 bridgehead atoms. The lowest BCUT2D eigenvalue weighted by molar-refractivity contribution is -0.116. The number of nitrogens with one attached hydrogen (secondary N) is 1. The molecule has 1 aromatic carbocycles.